The van der Waals surface area contributed by atoms with Crippen molar-refractivity contribution in [3.63, 3.8) is 0 Å². The summed E-state index contributed by atoms with van der Waals surface area (Å²) in [6, 6.07) is 6.70. The Morgan fingerprint density at radius 3 is 2.43 bits per heavy atom. The first kappa shape index (κ1) is 16.4. The summed E-state index contributed by atoms with van der Waals surface area (Å²) >= 11 is 0. The third-order valence-corrected chi connectivity index (χ3v) is 5.12. The second kappa shape index (κ2) is 6.85. The molecule has 3 unspecified atom stereocenters. The summed E-state index contributed by atoms with van der Waals surface area (Å²) in [6.45, 7) is 13.7. The Kier molecular flexibility index (Phi) is 5.35. The van der Waals surface area contributed by atoms with Crippen LogP contribution in [0.15, 0.2) is 18.2 Å². The molecule has 1 aliphatic rings. The van der Waals surface area contributed by atoms with Crippen LogP contribution in [0.2, 0.25) is 0 Å². The average Bonchev–Trinajstić information content (AvgIpc) is 2.40. The molecule has 0 heterocycles. The highest BCUT2D eigenvalue weighted by Crippen LogP contribution is 2.37. The van der Waals surface area contributed by atoms with E-state index in [1.807, 2.05) is 0 Å². The van der Waals surface area contributed by atoms with E-state index in [9.17, 15) is 0 Å². The Bertz CT molecular complexity index is 461. The van der Waals surface area contributed by atoms with Crippen molar-refractivity contribution in [2.24, 2.45) is 17.8 Å². The van der Waals surface area contributed by atoms with E-state index in [1.165, 1.54) is 30.4 Å². The highest BCUT2D eigenvalue weighted by molar-refractivity contribution is 5.38. The first-order chi connectivity index (χ1) is 9.88. The molecule has 0 bridgehead atoms. The van der Waals surface area contributed by atoms with Crippen LogP contribution in [0.25, 0.3) is 0 Å². The van der Waals surface area contributed by atoms with E-state index < -0.39 is 0 Å². The molecule has 0 N–H and O–H groups in total. The van der Waals surface area contributed by atoms with Gasteiger partial charge in [0, 0.05) is 0 Å². The number of benzene rings is 1. The average molecular weight is 288 g/mol. The highest BCUT2D eigenvalue weighted by atomic mass is 16.5. The number of hydrogen-bond acceptors (Lipinski definition) is 1. The van der Waals surface area contributed by atoms with E-state index in [4.69, 9.17) is 4.74 Å². The van der Waals surface area contributed by atoms with Crippen LogP contribution in [-0.4, -0.2) is 6.10 Å². The second-order valence-corrected chi connectivity index (χ2v) is 7.66. The van der Waals surface area contributed by atoms with Crippen molar-refractivity contribution in [2.45, 2.75) is 72.8 Å². The van der Waals surface area contributed by atoms with Gasteiger partial charge in [0.15, 0.2) is 0 Å². The lowest BCUT2D eigenvalue weighted by molar-refractivity contribution is 0.0454. The van der Waals surface area contributed by atoms with Crippen LogP contribution in [0.4, 0.5) is 0 Å². The Morgan fingerprint density at radius 1 is 1.10 bits per heavy atom. The van der Waals surface area contributed by atoms with Crippen LogP contribution in [0, 0.1) is 24.7 Å². The zero-order valence-electron chi connectivity index (χ0n) is 14.6. The normalized spacial score (nSPS) is 26.4. The van der Waals surface area contributed by atoms with Crippen molar-refractivity contribution in [3.8, 4) is 5.75 Å². The van der Waals surface area contributed by atoms with Gasteiger partial charge in [-0.05, 0) is 60.6 Å². The van der Waals surface area contributed by atoms with Crippen LogP contribution >= 0.6 is 0 Å². The first-order valence-corrected chi connectivity index (χ1v) is 8.65. The van der Waals surface area contributed by atoms with Gasteiger partial charge in [0.2, 0.25) is 0 Å². The Balaban J connectivity index is 2.20. The summed E-state index contributed by atoms with van der Waals surface area (Å²) in [7, 11) is 0. The van der Waals surface area contributed by atoms with Crippen molar-refractivity contribution in [1.29, 1.82) is 0 Å². The van der Waals surface area contributed by atoms with E-state index in [2.05, 4.69) is 59.7 Å². The molecule has 0 saturated heterocycles. The smallest absolute Gasteiger partial charge is 0.122 e. The molecule has 1 aromatic rings. The van der Waals surface area contributed by atoms with Crippen LogP contribution in [-0.2, 0) is 0 Å². The number of hydrogen-bond donors (Lipinski definition) is 0. The fourth-order valence-corrected chi connectivity index (χ4v) is 3.52. The number of rotatable bonds is 4. The molecule has 2 rings (SSSR count). The molecule has 1 aliphatic carbocycles. The fraction of sp³-hybridized carbons (Fsp3) is 0.700. The van der Waals surface area contributed by atoms with Crippen molar-refractivity contribution >= 4 is 0 Å². The van der Waals surface area contributed by atoms with Gasteiger partial charge in [-0.3, -0.25) is 0 Å². The largest absolute Gasteiger partial charge is 0.490 e. The maximum atomic E-state index is 6.52. The minimum atomic E-state index is 0.384. The molecule has 0 spiro atoms. The first-order valence-electron chi connectivity index (χ1n) is 8.65. The lowest BCUT2D eigenvalue weighted by atomic mass is 9.75. The molecule has 1 fully saturated rings. The van der Waals surface area contributed by atoms with Gasteiger partial charge in [-0.25, -0.2) is 0 Å². The maximum Gasteiger partial charge on any atom is 0.122 e. The molecule has 1 nitrogen and oxygen atoms in total. The van der Waals surface area contributed by atoms with Crippen LogP contribution in [0.1, 0.15) is 70.9 Å². The number of ether oxygens (including phenoxy) is 1. The molecule has 0 aliphatic heterocycles. The Hall–Kier alpha value is -0.980. The van der Waals surface area contributed by atoms with Crippen molar-refractivity contribution < 1.29 is 4.74 Å². The van der Waals surface area contributed by atoms with Gasteiger partial charge in [-0.1, -0.05) is 53.2 Å². The van der Waals surface area contributed by atoms with Crippen LogP contribution in [0.5, 0.6) is 5.75 Å². The van der Waals surface area contributed by atoms with Crippen LogP contribution < -0.4 is 4.74 Å². The number of aryl methyl sites for hydroxylation is 1. The molecule has 21 heavy (non-hydrogen) atoms. The van der Waals surface area contributed by atoms with Crippen LogP contribution in [0.3, 0.4) is 0 Å². The monoisotopic (exact) mass is 288 g/mol. The minimum Gasteiger partial charge on any atom is -0.490 e. The lowest BCUT2D eigenvalue weighted by Crippen LogP contribution is -2.36. The molecule has 118 valence electrons. The topological polar surface area (TPSA) is 9.23 Å². The second-order valence-electron chi connectivity index (χ2n) is 7.66. The van der Waals surface area contributed by atoms with E-state index >= 15 is 0 Å². The van der Waals surface area contributed by atoms with E-state index in [0.717, 1.165) is 11.7 Å². The fourth-order valence-electron chi connectivity index (χ4n) is 3.52. The van der Waals surface area contributed by atoms with E-state index in [1.54, 1.807) is 0 Å². The summed E-state index contributed by atoms with van der Waals surface area (Å²) in [5, 5.41) is 0. The highest BCUT2D eigenvalue weighted by Gasteiger charge is 2.32. The standard InChI is InChI=1S/C20H32O/c1-13(2)17-9-8-16(6)19(12-17)21-20-11-15(5)7-10-18(20)14(3)4/h8-9,12-15,18,20H,7,10-11H2,1-6H3. The molecule has 1 saturated carbocycles. The summed E-state index contributed by atoms with van der Waals surface area (Å²) in [5.74, 6) is 3.85. The SMILES string of the molecule is Cc1ccc(C(C)C)cc1OC1CC(C)CCC1C(C)C. The molecule has 0 amide bonds. The summed E-state index contributed by atoms with van der Waals surface area (Å²) in [4.78, 5) is 0. The molecule has 3 atom stereocenters. The maximum absolute atomic E-state index is 6.52. The third kappa shape index (κ3) is 4.02. The quantitative estimate of drug-likeness (QED) is 0.664. The third-order valence-electron chi connectivity index (χ3n) is 5.12. The predicted octanol–water partition coefficient (Wildman–Crippen LogP) is 5.96. The molecule has 1 heteroatoms. The molecular formula is C20H32O. The molecule has 0 radical (unpaired) electrons. The van der Waals surface area contributed by atoms with Gasteiger partial charge in [-0.15, -0.1) is 0 Å². The zero-order chi connectivity index (χ0) is 15.6. The van der Waals surface area contributed by atoms with Gasteiger partial charge in [0.05, 0.1) is 0 Å². The van der Waals surface area contributed by atoms with E-state index in [-0.39, 0.29) is 0 Å². The van der Waals surface area contributed by atoms with E-state index in [0.29, 0.717) is 23.9 Å². The van der Waals surface area contributed by atoms with Crippen molar-refractivity contribution in [1.82, 2.24) is 0 Å². The Morgan fingerprint density at radius 2 is 1.81 bits per heavy atom. The lowest BCUT2D eigenvalue weighted by Gasteiger charge is -2.37. The van der Waals surface area contributed by atoms with Crippen molar-refractivity contribution in [2.75, 3.05) is 0 Å². The van der Waals surface area contributed by atoms with Gasteiger partial charge >= 0.3 is 0 Å². The Labute approximate surface area is 131 Å². The summed E-state index contributed by atoms with van der Waals surface area (Å²) in [5.41, 5.74) is 2.64. The van der Waals surface area contributed by atoms with Gasteiger partial charge < -0.3 is 4.74 Å². The van der Waals surface area contributed by atoms with Gasteiger partial charge in [0.1, 0.15) is 11.9 Å². The minimum absolute atomic E-state index is 0.384. The molecule has 0 aromatic heterocycles. The zero-order valence-corrected chi connectivity index (χ0v) is 14.6. The predicted molar refractivity (Wildman–Crippen MR) is 91.0 cm³/mol. The molecular weight excluding hydrogens is 256 g/mol. The van der Waals surface area contributed by atoms with Gasteiger partial charge in [0.25, 0.3) is 0 Å². The van der Waals surface area contributed by atoms with Crippen molar-refractivity contribution in [3.05, 3.63) is 29.3 Å². The summed E-state index contributed by atoms with van der Waals surface area (Å²) in [6.07, 6.45) is 4.25. The van der Waals surface area contributed by atoms with Gasteiger partial charge in [-0.2, -0.15) is 0 Å². The molecule has 1 aromatic carbocycles. The summed E-state index contributed by atoms with van der Waals surface area (Å²) < 4.78 is 6.52.